The average Bonchev–Trinajstić information content (AvgIpc) is 3.11. The summed E-state index contributed by atoms with van der Waals surface area (Å²) in [4.78, 5) is 4.43. The van der Waals surface area contributed by atoms with Crippen LogP contribution < -0.4 is 4.72 Å². The number of fused-ring (bicyclic) bond motifs is 1. The second kappa shape index (κ2) is 14.9. The molecule has 1 aromatic heterocycles. The van der Waals surface area contributed by atoms with Crippen LogP contribution in [0, 0.1) is 0 Å². The fourth-order valence-corrected chi connectivity index (χ4v) is 7.77. The van der Waals surface area contributed by atoms with E-state index in [1.807, 2.05) is 78.9 Å². The molecule has 4 unspecified atom stereocenters. The predicted molar refractivity (Wildman–Crippen MR) is 180 cm³/mol. The van der Waals surface area contributed by atoms with Gasteiger partial charge in [0.05, 0.1) is 30.9 Å². The van der Waals surface area contributed by atoms with E-state index in [0.717, 1.165) is 33.2 Å². The molecule has 4 atom stereocenters. The summed E-state index contributed by atoms with van der Waals surface area (Å²) in [6, 6.07) is 34.2. The summed E-state index contributed by atoms with van der Waals surface area (Å²) in [5.74, 6) is 1.15. The van der Waals surface area contributed by atoms with Crippen molar-refractivity contribution < 1.29 is 28.1 Å². The van der Waals surface area contributed by atoms with Crippen LogP contribution in [-0.2, 0) is 32.6 Å². The van der Waals surface area contributed by atoms with Gasteiger partial charge < -0.3 is 19.7 Å². The molecule has 2 heterocycles. The van der Waals surface area contributed by atoms with E-state index < -0.39 is 16.3 Å². The van der Waals surface area contributed by atoms with Gasteiger partial charge in [-0.3, -0.25) is 4.98 Å². The quantitative estimate of drug-likeness (QED) is 0.143. The van der Waals surface area contributed by atoms with Crippen LogP contribution in [0.5, 0.6) is 0 Å². The van der Waals surface area contributed by atoms with Crippen molar-refractivity contribution in [2.75, 3.05) is 18.1 Å². The highest BCUT2D eigenvalue weighted by molar-refractivity contribution is 7.99. The van der Waals surface area contributed by atoms with Crippen molar-refractivity contribution in [1.29, 1.82) is 0 Å². The van der Waals surface area contributed by atoms with E-state index >= 15 is 0 Å². The molecule has 3 N–H and O–H groups in total. The first kappa shape index (κ1) is 32.3. The standard InChI is InChI=1S/C36H36N2O6S2/c39-20-21-45-24-31-33(27-6-2-1-3-7-27)35(29-15-13-26(23-40)14-16-29)44-36(43-31)30-17-11-25(12-18-30)22-38-46(41,42)32-10-4-8-28-9-5-19-37-34(28)32/h1-19,31,33,35-36,38-40H,20-24H2. The molecular weight excluding hydrogens is 621 g/mol. The van der Waals surface area contributed by atoms with Crippen molar-refractivity contribution in [3.8, 4) is 0 Å². The number of hydrogen-bond acceptors (Lipinski definition) is 8. The summed E-state index contributed by atoms with van der Waals surface area (Å²) in [5.41, 5.74) is 4.92. The van der Waals surface area contributed by atoms with E-state index in [1.54, 1.807) is 36.2 Å². The third-order valence-electron chi connectivity index (χ3n) is 8.09. The van der Waals surface area contributed by atoms with Gasteiger partial charge in [0.1, 0.15) is 4.90 Å². The largest absolute Gasteiger partial charge is 0.396 e. The van der Waals surface area contributed by atoms with Crippen molar-refractivity contribution in [3.05, 3.63) is 143 Å². The van der Waals surface area contributed by atoms with Crippen LogP contribution in [0.15, 0.2) is 120 Å². The van der Waals surface area contributed by atoms with Crippen molar-refractivity contribution in [2.24, 2.45) is 0 Å². The monoisotopic (exact) mass is 656 g/mol. The third-order valence-corrected chi connectivity index (χ3v) is 10.6. The number of para-hydroxylation sites is 1. The van der Waals surface area contributed by atoms with Gasteiger partial charge in [-0.25, -0.2) is 13.1 Å². The fourth-order valence-electron chi connectivity index (χ4n) is 5.76. The first-order chi connectivity index (χ1) is 22.5. The molecule has 46 heavy (non-hydrogen) atoms. The Balaban J connectivity index is 1.24. The zero-order valence-corrected chi connectivity index (χ0v) is 26.7. The number of ether oxygens (including phenoxy) is 2. The SMILES string of the molecule is O=S(=O)(NCc1ccc(C2OC(CSCCO)C(c3ccccc3)C(c3ccc(CO)cc3)O2)cc1)c1cccc2cccnc12. The minimum Gasteiger partial charge on any atom is -0.396 e. The van der Waals surface area contributed by atoms with E-state index in [0.29, 0.717) is 17.0 Å². The Kier molecular flexibility index (Phi) is 10.5. The fraction of sp³-hybridized carbons (Fsp3) is 0.250. The van der Waals surface area contributed by atoms with Crippen LogP contribution in [0.4, 0.5) is 0 Å². The molecule has 1 aliphatic heterocycles. The Morgan fingerprint density at radius 2 is 1.48 bits per heavy atom. The van der Waals surface area contributed by atoms with Gasteiger partial charge in [-0.2, -0.15) is 11.8 Å². The van der Waals surface area contributed by atoms with E-state index in [2.05, 4.69) is 21.8 Å². The van der Waals surface area contributed by atoms with E-state index in [9.17, 15) is 18.6 Å². The zero-order chi connectivity index (χ0) is 31.9. The van der Waals surface area contributed by atoms with Crippen LogP contribution in [0.2, 0.25) is 0 Å². The lowest BCUT2D eigenvalue weighted by Gasteiger charge is -2.43. The van der Waals surface area contributed by atoms with Crippen LogP contribution in [0.25, 0.3) is 10.9 Å². The number of nitrogens with one attached hydrogen (secondary N) is 1. The van der Waals surface area contributed by atoms with Gasteiger partial charge in [0.25, 0.3) is 0 Å². The van der Waals surface area contributed by atoms with Gasteiger partial charge in [0.2, 0.25) is 10.0 Å². The smallest absolute Gasteiger partial charge is 0.243 e. The van der Waals surface area contributed by atoms with Crippen molar-refractivity contribution in [2.45, 2.75) is 42.5 Å². The maximum Gasteiger partial charge on any atom is 0.243 e. The molecule has 10 heteroatoms. The summed E-state index contributed by atoms with van der Waals surface area (Å²) in [6.07, 6.45) is 0.354. The van der Waals surface area contributed by atoms with Gasteiger partial charge in [0, 0.05) is 41.1 Å². The van der Waals surface area contributed by atoms with Crippen LogP contribution in [0.1, 0.15) is 46.1 Å². The number of sulfonamides is 1. The van der Waals surface area contributed by atoms with Gasteiger partial charge in [-0.15, -0.1) is 0 Å². The zero-order valence-electron chi connectivity index (χ0n) is 25.1. The minimum absolute atomic E-state index is 0.0403. The Hall–Kier alpha value is -3.61. The molecule has 6 rings (SSSR count). The van der Waals surface area contributed by atoms with Crippen LogP contribution >= 0.6 is 11.8 Å². The van der Waals surface area contributed by atoms with Gasteiger partial charge in [-0.05, 0) is 34.4 Å². The van der Waals surface area contributed by atoms with Gasteiger partial charge in [0.15, 0.2) is 6.29 Å². The van der Waals surface area contributed by atoms with Crippen molar-refractivity contribution in [3.63, 3.8) is 0 Å². The van der Waals surface area contributed by atoms with E-state index in [1.165, 1.54) is 0 Å². The summed E-state index contributed by atoms with van der Waals surface area (Å²) in [7, 11) is -3.81. The molecule has 4 aromatic carbocycles. The second-order valence-corrected chi connectivity index (χ2v) is 14.0. The molecule has 0 bridgehead atoms. The highest BCUT2D eigenvalue weighted by Crippen LogP contribution is 2.47. The summed E-state index contributed by atoms with van der Waals surface area (Å²) in [5, 5.41) is 19.8. The molecule has 5 aromatic rings. The molecule has 8 nitrogen and oxygen atoms in total. The van der Waals surface area contributed by atoms with Gasteiger partial charge in [-0.1, -0.05) is 97.1 Å². The minimum atomic E-state index is -3.81. The molecule has 0 spiro atoms. The Morgan fingerprint density at radius 1 is 0.761 bits per heavy atom. The molecule has 0 saturated carbocycles. The Labute approximate surface area is 273 Å². The number of pyridine rings is 1. The van der Waals surface area contributed by atoms with Gasteiger partial charge >= 0.3 is 0 Å². The Morgan fingerprint density at radius 3 is 2.22 bits per heavy atom. The normalized spacial score (nSPS) is 20.1. The lowest BCUT2D eigenvalue weighted by atomic mass is 9.84. The number of aliphatic hydroxyl groups excluding tert-OH is 2. The number of hydrogen-bond donors (Lipinski definition) is 3. The van der Waals surface area contributed by atoms with E-state index in [-0.39, 0.29) is 42.8 Å². The number of aliphatic hydroxyl groups is 2. The third kappa shape index (κ3) is 7.34. The summed E-state index contributed by atoms with van der Waals surface area (Å²) >= 11 is 1.64. The summed E-state index contributed by atoms with van der Waals surface area (Å²) < 4.78 is 42.5. The number of aromatic nitrogens is 1. The number of benzene rings is 4. The molecule has 1 aliphatic rings. The van der Waals surface area contributed by atoms with Crippen molar-refractivity contribution in [1.82, 2.24) is 9.71 Å². The first-order valence-electron chi connectivity index (χ1n) is 15.1. The average molecular weight is 657 g/mol. The molecule has 0 aliphatic carbocycles. The lowest BCUT2D eigenvalue weighted by Crippen LogP contribution is -2.38. The first-order valence-corrected chi connectivity index (χ1v) is 17.8. The van der Waals surface area contributed by atoms with Crippen LogP contribution in [0.3, 0.4) is 0 Å². The maximum atomic E-state index is 13.2. The molecular formula is C36H36N2O6S2. The summed E-state index contributed by atoms with van der Waals surface area (Å²) in [6.45, 7) is 0.150. The topological polar surface area (TPSA) is 118 Å². The molecule has 238 valence electrons. The molecule has 1 fully saturated rings. The lowest BCUT2D eigenvalue weighted by molar-refractivity contribution is -0.255. The maximum absolute atomic E-state index is 13.2. The number of nitrogens with zero attached hydrogens (tertiary/aromatic N) is 1. The number of thioether (sulfide) groups is 1. The second-order valence-electron chi connectivity index (χ2n) is 11.1. The van der Waals surface area contributed by atoms with Crippen LogP contribution in [-0.4, -0.2) is 47.8 Å². The Bertz CT molecular complexity index is 1830. The molecule has 0 radical (unpaired) electrons. The molecule has 0 amide bonds. The van der Waals surface area contributed by atoms with E-state index in [4.69, 9.17) is 9.47 Å². The predicted octanol–water partition coefficient (Wildman–Crippen LogP) is 5.87. The highest BCUT2D eigenvalue weighted by atomic mass is 32.2. The van der Waals surface area contributed by atoms with Crippen molar-refractivity contribution >= 4 is 32.7 Å². The molecule has 1 saturated heterocycles. The number of rotatable bonds is 12. The highest BCUT2D eigenvalue weighted by Gasteiger charge is 2.41.